The van der Waals surface area contributed by atoms with Crippen molar-refractivity contribution in [1.29, 1.82) is 0 Å². The molecule has 2 aromatic rings. The Hall–Kier alpha value is -1.93. The summed E-state index contributed by atoms with van der Waals surface area (Å²) >= 11 is 2.97. The van der Waals surface area contributed by atoms with E-state index in [1.54, 1.807) is 0 Å². The van der Waals surface area contributed by atoms with E-state index in [-0.39, 0.29) is 11.7 Å². The van der Waals surface area contributed by atoms with Gasteiger partial charge in [-0.25, -0.2) is 0 Å². The lowest BCUT2D eigenvalue weighted by Crippen LogP contribution is -2.44. The van der Waals surface area contributed by atoms with Gasteiger partial charge in [-0.05, 0) is 44.4 Å². The fourth-order valence-corrected chi connectivity index (χ4v) is 4.51. The van der Waals surface area contributed by atoms with Crippen molar-refractivity contribution < 1.29 is 9.59 Å². The number of rotatable bonds is 10. The minimum Gasteiger partial charge on any atom is -0.351 e. The van der Waals surface area contributed by atoms with E-state index in [1.165, 1.54) is 35.6 Å². The maximum atomic E-state index is 12.1. The van der Waals surface area contributed by atoms with Crippen LogP contribution in [0, 0.1) is 0 Å². The number of amides is 1. The number of Topliss-reactive ketones (excluding diaryl/α,β-unsaturated/α-hetero) is 1. The molecule has 2 rings (SSSR count). The zero-order chi connectivity index (χ0) is 20.7. The van der Waals surface area contributed by atoms with Gasteiger partial charge in [0, 0.05) is 29.8 Å². The molecule has 152 valence electrons. The summed E-state index contributed by atoms with van der Waals surface area (Å²) in [4.78, 5) is 23.3. The highest BCUT2D eigenvalue weighted by Gasteiger charge is 2.22. The lowest BCUT2D eigenvalue weighted by Gasteiger charge is -2.24. The van der Waals surface area contributed by atoms with Gasteiger partial charge in [-0.3, -0.25) is 9.59 Å². The van der Waals surface area contributed by atoms with Crippen LogP contribution in [0.2, 0.25) is 0 Å². The molecule has 0 spiro atoms. The van der Waals surface area contributed by atoms with Crippen LogP contribution in [0.4, 0.5) is 10.8 Å². The Morgan fingerprint density at radius 2 is 1.86 bits per heavy atom. The summed E-state index contributed by atoms with van der Waals surface area (Å²) in [6, 6.07) is 8.29. The second-order valence-electron chi connectivity index (χ2n) is 7.68. The first kappa shape index (κ1) is 22.4. The molecular formula is C20H28N4O2S2. The van der Waals surface area contributed by atoms with Crippen LogP contribution in [-0.4, -0.2) is 33.2 Å². The van der Waals surface area contributed by atoms with Gasteiger partial charge in [-0.1, -0.05) is 49.1 Å². The zero-order valence-electron chi connectivity index (χ0n) is 17.0. The number of thioether (sulfide) groups is 1. The molecule has 1 aromatic carbocycles. The number of hydrogen-bond donors (Lipinski definition) is 2. The maximum Gasteiger partial charge on any atom is 0.221 e. The van der Waals surface area contributed by atoms with E-state index in [4.69, 9.17) is 0 Å². The summed E-state index contributed by atoms with van der Waals surface area (Å²) in [7, 11) is 0. The van der Waals surface area contributed by atoms with Crippen molar-refractivity contribution in [2.45, 2.75) is 63.3 Å². The normalized spacial score (nSPS) is 11.5. The number of carbonyl (C=O) groups is 2. The van der Waals surface area contributed by atoms with Crippen LogP contribution in [0.25, 0.3) is 0 Å². The Balaban J connectivity index is 1.78. The van der Waals surface area contributed by atoms with E-state index in [0.717, 1.165) is 15.2 Å². The van der Waals surface area contributed by atoms with E-state index in [2.05, 4.69) is 46.8 Å². The molecule has 0 aliphatic carbocycles. The molecule has 0 radical (unpaired) electrons. The highest BCUT2D eigenvalue weighted by molar-refractivity contribution is 8.01. The highest BCUT2D eigenvalue weighted by Crippen LogP contribution is 2.28. The van der Waals surface area contributed by atoms with Crippen molar-refractivity contribution in [2.24, 2.45) is 0 Å². The van der Waals surface area contributed by atoms with Crippen LogP contribution in [0.15, 0.2) is 28.6 Å². The Bertz CT molecular complexity index is 801. The highest BCUT2D eigenvalue weighted by atomic mass is 32.2. The number of aromatic nitrogens is 2. The van der Waals surface area contributed by atoms with Gasteiger partial charge in [0.2, 0.25) is 11.0 Å². The number of ketones is 1. The topological polar surface area (TPSA) is 84.0 Å². The number of nitrogens with zero attached hydrogens (tertiary/aromatic N) is 2. The third-order valence-corrected chi connectivity index (χ3v) is 5.93. The average molecular weight is 421 g/mol. The largest absolute Gasteiger partial charge is 0.351 e. The number of hydrogen-bond acceptors (Lipinski definition) is 7. The fourth-order valence-electron chi connectivity index (χ4n) is 2.73. The van der Waals surface area contributed by atoms with Crippen LogP contribution in [0.1, 0.15) is 58.9 Å². The van der Waals surface area contributed by atoms with Crippen molar-refractivity contribution in [1.82, 2.24) is 15.5 Å². The van der Waals surface area contributed by atoms with E-state index >= 15 is 0 Å². The standard InChI is InChI=1S/C20H28N4O2S2/c1-13(2)15-6-8-16(9-7-15)21-18-23-24-19(28-18)27-11-10-17(26)22-20(4,5)12-14(3)25/h6-9,13H,10-12H2,1-5H3,(H,21,23)(H,22,26). The van der Waals surface area contributed by atoms with Crippen molar-refractivity contribution >= 4 is 45.6 Å². The second kappa shape index (κ2) is 10.0. The van der Waals surface area contributed by atoms with Crippen LogP contribution < -0.4 is 10.6 Å². The molecule has 0 aliphatic rings. The Morgan fingerprint density at radius 1 is 1.18 bits per heavy atom. The molecule has 0 bridgehead atoms. The van der Waals surface area contributed by atoms with Crippen LogP contribution in [0.3, 0.4) is 0 Å². The van der Waals surface area contributed by atoms with Gasteiger partial charge < -0.3 is 10.6 Å². The summed E-state index contributed by atoms with van der Waals surface area (Å²) in [5.74, 6) is 1.11. The van der Waals surface area contributed by atoms with E-state index < -0.39 is 5.54 Å². The summed E-state index contributed by atoms with van der Waals surface area (Å²) < 4.78 is 0.817. The minimum absolute atomic E-state index is 0.0624. The molecule has 1 heterocycles. The van der Waals surface area contributed by atoms with Gasteiger partial charge in [0.25, 0.3) is 0 Å². The molecule has 0 atom stereocenters. The third-order valence-electron chi connectivity index (χ3n) is 3.96. The molecule has 0 aliphatic heterocycles. The summed E-state index contributed by atoms with van der Waals surface area (Å²) in [6.45, 7) is 9.58. The van der Waals surface area contributed by atoms with Gasteiger partial charge in [-0.15, -0.1) is 10.2 Å². The van der Waals surface area contributed by atoms with Crippen LogP contribution in [0.5, 0.6) is 0 Å². The molecule has 28 heavy (non-hydrogen) atoms. The molecular weight excluding hydrogens is 392 g/mol. The molecule has 0 fully saturated rings. The van der Waals surface area contributed by atoms with Gasteiger partial charge >= 0.3 is 0 Å². The first-order chi connectivity index (χ1) is 13.1. The summed E-state index contributed by atoms with van der Waals surface area (Å²) in [5.41, 5.74) is 1.76. The molecule has 1 amide bonds. The molecule has 0 unspecified atom stereocenters. The number of nitrogens with one attached hydrogen (secondary N) is 2. The lowest BCUT2D eigenvalue weighted by atomic mass is 9.98. The average Bonchev–Trinajstić information content (AvgIpc) is 3.00. The monoisotopic (exact) mass is 420 g/mol. The third kappa shape index (κ3) is 7.59. The number of carbonyl (C=O) groups excluding carboxylic acids is 2. The van der Waals surface area contributed by atoms with Gasteiger partial charge in [0.1, 0.15) is 5.78 Å². The fraction of sp³-hybridized carbons (Fsp3) is 0.500. The van der Waals surface area contributed by atoms with Crippen molar-refractivity contribution in [3.05, 3.63) is 29.8 Å². The molecule has 0 saturated carbocycles. The smallest absolute Gasteiger partial charge is 0.221 e. The SMILES string of the molecule is CC(=O)CC(C)(C)NC(=O)CCSc1nnc(Nc2ccc(C(C)C)cc2)s1. The van der Waals surface area contributed by atoms with Crippen LogP contribution in [-0.2, 0) is 9.59 Å². The predicted molar refractivity (Wildman–Crippen MR) is 117 cm³/mol. The van der Waals surface area contributed by atoms with Gasteiger partial charge in [0.05, 0.1) is 0 Å². The van der Waals surface area contributed by atoms with Crippen molar-refractivity contribution in [2.75, 3.05) is 11.1 Å². The first-order valence-electron chi connectivity index (χ1n) is 9.28. The number of benzene rings is 1. The minimum atomic E-state index is -0.515. The second-order valence-corrected chi connectivity index (χ2v) is 10.0. The Morgan fingerprint density at radius 3 is 2.46 bits per heavy atom. The first-order valence-corrected chi connectivity index (χ1v) is 11.1. The van der Waals surface area contributed by atoms with Crippen LogP contribution >= 0.6 is 23.1 Å². The molecule has 1 aromatic heterocycles. The zero-order valence-corrected chi connectivity index (χ0v) is 18.7. The number of anilines is 2. The molecule has 8 heteroatoms. The van der Waals surface area contributed by atoms with E-state index in [0.29, 0.717) is 24.5 Å². The van der Waals surface area contributed by atoms with Crippen molar-refractivity contribution in [3.63, 3.8) is 0 Å². The van der Waals surface area contributed by atoms with Gasteiger partial charge in [-0.2, -0.15) is 0 Å². The summed E-state index contributed by atoms with van der Waals surface area (Å²) in [5, 5.41) is 15.2. The molecule has 0 saturated heterocycles. The quantitative estimate of drug-likeness (QED) is 0.539. The van der Waals surface area contributed by atoms with Crippen molar-refractivity contribution in [3.8, 4) is 0 Å². The predicted octanol–water partition coefficient (Wildman–Crippen LogP) is 4.76. The Kier molecular flexibility index (Phi) is 8.00. The molecule has 2 N–H and O–H groups in total. The lowest BCUT2D eigenvalue weighted by molar-refractivity contribution is -0.123. The van der Waals surface area contributed by atoms with E-state index in [9.17, 15) is 9.59 Å². The maximum absolute atomic E-state index is 12.1. The molecule has 6 nitrogen and oxygen atoms in total. The Labute approximate surface area is 174 Å². The summed E-state index contributed by atoms with van der Waals surface area (Å²) in [6.07, 6.45) is 0.695. The van der Waals surface area contributed by atoms with Gasteiger partial charge in [0.15, 0.2) is 4.34 Å². The van der Waals surface area contributed by atoms with E-state index in [1.807, 2.05) is 26.0 Å².